The number of fused-ring (bicyclic) bond motifs is 6. The van der Waals surface area contributed by atoms with E-state index in [1.54, 1.807) is 0 Å². The van der Waals surface area contributed by atoms with Crippen molar-refractivity contribution in [2.75, 3.05) is 40.5 Å². The molecule has 0 radical (unpaired) electrons. The van der Waals surface area contributed by atoms with E-state index in [2.05, 4.69) is 4.90 Å². The Labute approximate surface area is 372 Å². The van der Waals surface area contributed by atoms with Crippen LogP contribution in [0.4, 0.5) is 0 Å². The Balaban J connectivity index is 0.943. The predicted molar refractivity (Wildman–Crippen MR) is 222 cm³/mol. The lowest BCUT2D eigenvalue weighted by atomic mass is 9.72. The maximum Gasteiger partial charge on any atom is 0.306 e. The minimum atomic E-state index is -2.37. The Morgan fingerprint density at radius 1 is 0.892 bits per heavy atom. The van der Waals surface area contributed by atoms with Gasteiger partial charge in [0, 0.05) is 80.8 Å². The van der Waals surface area contributed by atoms with Gasteiger partial charge in [0.05, 0.1) is 42.6 Å². The topological polar surface area (TPSA) is 234 Å². The molecule has 3 aromatic carbocycles. The second kappa shape index (κ2) is 17.5. The number of imide groups is 1. The fourth-order valence-electron chi connectivity index (χ4n) is 9.91. The molecular formula is C47H48N2O16. The Morgan fingerprint density at radius 3 is 2.31 bits per heavy atom. The second-order valence-corrected chi connectivity index (χ2v) is 17.0. The SMILES string of the molecule is COc1cccc2c1C(=O)c1c(O)c3c(c(O)c1C2=O)C[C@@](O)(C(=O)COC(=O)CCc1ccc(CCN2C(=O)C=CC2=O)cc1)C[C@@H]3O[C@H]1C[C@H]2[C@H](O[C@@H]3[C@@H](OC)OCCN32)[C@H](C)O1. The molecule has 3 fully saturated rings. The first-order chi connectivity index (χ1) is 31.2. The van der Waals surface area contributed by atoms with Crippen molar-refractivity contribution < 1.29 is 77.2 Å². The average molecular weight is 897 g/mol. The summed E-state index contributed by atoms with van der Waals surface area (Å²) in [6, 6.07) is 11.4. The summed E-state index contributed by atoms with van der Waals surface area (Å²) in [6.45, 7) is 2.11. The number of aliphatic hydroxyl groups is 1. The largest absolute Gasteiger partial charge is 0.507 e. The van der Waals surface area contributed by atoms with Crippen LogP contribution in [0, 0.1) is 0 Å². The monoisotopic (exact) mass is 896 g/mol. The number of methoxy groups -OCH3 is 2. The molecule has 0 unspecified atom stereocenters. The van der Waals surface area contributed by atoms with E-state index < -0.39 is 108 Å². The van der Waals surface area contributed by atoms with E-state index in [1.807, 2.05) is 31.2 Å². The summed E-state index contributed by atoms with van der Waals surface area (Å²) in [4.78, 5) is 82.3. The van der Waals surface area contributed by atoms with Crippen LogP contribution >= 0.6 is 0 Å². The van der Waals surface area contributed by atoms with Gasteiger partial charge in [0.25, 0.3) is 11.8 Å². The Morgan fingerprint density at radius 2 is 1.60 bits per heavy atom. The van der Waals surface area contributed by atoms with Gasteiger partial charge in [-0.15, -0.1) is 0 Å². The molecule has 4 aliphatic heterocycles. The number of carbonyl (C=O) groups is 6. The molecule has 18 heteroatoms. The van der Waals surface area contributed by atoms with Gasteiger partial charge in [0.1, 0.15) is 29.0 Å². The fourth-order valence-corrected chi connectivity index (χ4v) is 9.91. The molecule has 3 aromatic rings. The number of aryl methyl sites for hydroxylation is 1. The van der Waals surface area contributed by atoms with Crippen molar-refractivity contribution in [3.63, 3.8) is 0 Å². The number of hydrogen-bond donors (Lipinski definition) is 3. The van der Waals surface area contributed by atoms with E-state index in [4.69, 9.17) is 33.2 Å². The van der Waals surface area contributed by atoms with Crippen molar-refractivity contribution in [3.05, 3.63) is 99.1 Å². The predicted octanol–water partition coefficient (Wildman–Crippen LogP) is 2.36. The lowest BCUT2D eigenvalue weighted by Gasteiger charge is -2.43. The maximum atomic E-state index is 14.2. The number of Topliss-reactive ketones (excluding diaryl/α,β-unsaturated/α-hetero) is 1. The smallest absolute Gasteiger partial charge is 0.306 e. The highest BCUT2D eigenvalue weighted by Crippen LogP contribution is 2.53. The van der Waals surface area contributed by atoms with Crippen molar-refractivity contribution in [2.24, 2.45) is 0 Å². The molecule has 3 saturated heterocycles. The number of ether oxygens (including phenoxy) is 7. The summed E-state index contributed by atoms with van der Waals surface area (Å²) in [5.41, 5.74) is -2.16. The minimum absolute atomic E-state index is 0.0740. The summed E-state index contributed by atoms with van der Waals surface area (Å²) in [6.07, 6.45) is -2.34. The molecule has 0 spiro atoms. The van der Waals surface area contributed by atoms with Gasteiger partial charge in [-0.25, -0.2) is 0 Å². The molecule has 8 atom stereocenters. The zero-order chi connectivity index (χ0) is 45.9. The summed E-state index contributed by atoms with van der Waals surface area (Å²) in [5.74, 6) is -5.25. The zero-order valence-electron chi connectivity index (χ0n) is 35.9. The number of phenolic OH excluding ortho intramolecular Hbond substituents is 2. The number of hydrogen-bond acceptors (Lipinski definition) is 17. The summed E-state index contributed by atoms with van der Waals surface area (Å²) >= 11 is 0. The van der Waals surface area contributed by atoms with Gasteiger partial charge in [-0.2, -0.15) is 0 Å². The molecule has 18 nitrogen and oxygen atoms in total. The quantitative estimate of drug-likeness (QED) is 0.0993. The second-order valence-electron chi connectivity index (χ2n) is 17.0. The number of morpholine rings is 1. The van der Waals surface area contributed by atoms with Gasteiger partial charge >= 0.3 is 5.97 Å². The third-order valence-electron chi connectivity index (χ3n) is 13.2. The summed E-state index contributed by atoms with van der Waals surface area (Å²) in [5, 5.41) is 36.3. The van der Waals surface area contributed by atoms with E-state index in [9.17, 15) is 44.1 Å². The van der Waals surface area contributed by atoms with E-state index in [1.165, 1.54) is 44.6 Å². The molecule has 342 valence electrons. The molecule has 2 aliphatic carbocycles. The van der Waals surface area contributed by atoms with Crippen LogP contribution in [0.5, 0.6) is 17.2 Å². The fraction of sp³-hybridized carbons (Fsp3) is 0.447. The molecule has 3 N–H and O–H groups in total. The number of aromatic hydroxyl groups is 2. The van der Waals surface area contributed by atoms with Gasteiger partial charge < -0.3 is 48.5 Å². The van der Waals surface area contributed by atoms with Crippen LogP contribution in [-0.4, -0.2) is 143 Å². The minimum Gasteiger partial charge on any atom is -0.507 e. The first-order valence-electron chi connectivity index (χ1n) is 21.5. The standard InChI is InChI=1S/C47H48N2O16/c1-23-44-28(48-17-18-61-46(60-3)45(48)65-44)19-35(63-23)64-30-21-47(58,20-27-37(30)43(57)39-38(41(27)55)40(54)26-5-4-6-29(59-2)36(26)42(39)56)31(50)22-62-34(53)14-11-24-7-9-25(10-8-24)15-16-49-32(51)12-13-33(49)52/h4-10,12-13,23,28,30,35,44-46,55,57-58H,11,14-22H2,1-3H3/t23-,28-,30-,35-,44+,45+,46-,47-/m0/s1. The van der Waals surface area contributed by atoms with Gasteiger partial charge in [-0.05, 0) is 37.0 Å². The Hall–Kier alpha value is -5.86. The van der Waals surface area contributed by atoms with Gasteiger partial charge in [0.2, 0.25) is 11.6 Å². The van der Waals surface area contributed by atoms with Crippen LogP contribution in [0.3, 0.4) is 0 Å². The molecule has 4 heterocycles. The molecule has 2 amide bonds. The highest BCUT2D eigenvalue weighted by molar-refractivity contribution is 6.31. The Kier molecular flexibility index (Phi) is 11.9. The maximum absolute atomic E-state index is 14.2. The zero-order valence-corrected chi connectivity index (χ0v) is 35.9. The van der Waals surface area contributed by atoms with E-state index in [-0.39, 0.29) is 71.7 Å². The number of nitrogens with zero attached hydrogens (tertiary/aromatic N) is 2. The molecule has 0 aromatic heterocycles. The number of esters is 1. The molecular weight excluding hydrogens is 849 g/mol. The number of amides is 2. The number of benzene rings is 3. The third kappa shape index (κ3) is 7.92. The van der Waals surface area contributed by atoms with Crippen molar-refractivity contribution in [3.8, 4) is 17.2 Å². The van der Waals surface area contributed by atoms with Crippen LogP contribution < -0.4 is 4.74 Å². The molecule has 0 bridgehead atoms. The third-order valence-corrected chi connectivity index (χ3v) is 13.2. The normalized spacial score (nSPS) is 28.1. The number of phenols is 2. The van der Waals surface area contributed by atoms with Gasteiger partial charge in [-0.3, -0.25) is 38.6 Å². The van der Waals surface area contributed by atoms with Crippen LogP contribution in [0.15, 0.2) is 54.6 Å². The van der Waals surface area contributed by atoms with Gasteiger partial charge in [0.15, 0.2) is 31.2 Å². The lowest BCUT2D eigenvalue weighted by molar-refractivity contribution is -0.256. The van der Waals surface area contributed by atoms with Crippen LogP contribution in [0.2, 0.25) is 0 Å². The highest BCUT2D eigenvalue weighted by atomic mass is 16.7. The van der Waals surface area contributed by atoms with Gasteiger partial charge in [-0.1, -0.05) is 36.4 Å². The lowest BCUT2D eigenvalue weighted by Crippen LogP contribution is -2.55. The van der Waals surface area contributed by atoms with Crippen molar-refractivity contribution in [1.29, 1.82) is 0 Å². The first-order valence-corrected chi connectivity index (χ1v) is 21.5. The van der Waals surface area contributed by atoms with Crippen LogP contribution in [0.25, 0.3) is 0 Å². The summed E-state index contributed by atoms with van der Waals surface area (Å²) < 4.78 is 41.3. The van der Waals surface area contributed by atoms with Crippen molar-refractivity contribution in [1.82, 2.24) is 9.80 Å². The number of ketones is 3. The summed E-state index contributed by atoms with van der Waals surface area (Å²) in [7, 11) is 2.86. The molecule has 9 rings (SSSR count). The average Bonchev–Trinajstić information content (AvgIpc) is 3.84. The van der Waals surface area contributed by atoms with Crippen LogP contribution in [-0.2, 0) is 66.9 Å². The molecule has 65 heavy (non-hydrogen) atoms. The van der Waals surface area contributed by atoms with Crippen molar-refractivity contribution in [2.45, 2.75) is 94.2 Å². The number of rotatable bonds is 13. The molecule has 0 saturated carbocycles. The molecule has 6 aliphatic rings. The Bertz CT molecular complexity index is 2490. The van der Waals surface area contributed by atoms with Crippen molar-refractivity contribution >= 4 is 35.1 Å². The van der Waals surface area contributed by atoms with E-state index in [0.29, 0.717) is 19.6 Å². The van der Waals surface area contributed by atoms with E-state index >= 15 is 0 Å². The van der Waals surface area contributed by atoms with E-state index in [0.717, 1.165) is 16.0 Å². The number of carbonyl (C=O) groups excluding carboxylic acids is 6. The van der Waals surface area contributed by atoms with Crippen LogP contribution in [0.1, 0.15) is 86.4 Å². The first kappa shape index (κ1) is 44.3. The highest BCUT2D eigenvalue weighted by Gasteiger charge is 2.55.